The molecule has 94 valence electrons. The fraction of sp³-hybridized carbons (Fsp3) is 0.417. The number of thiocarbonyl (C=S) groups is 1. The Kier molecular flexibility index (Phi) is 5.03. The highest BCUT2D eigenvalue weighted by Gasteiger charge is 2.10. The van der Waals surface area contributed by atoms with Gasteiger partial charge in [-0.25, -0.2) is 0 Å². The van der Waals surface area contributed by atoms with E-state index in [4.69, 9.17) is 21.7 Å². The van der Waals surface area contributed by atoms with Crippen LogP contribution in [0.2, 0.25) is 0 Å². The third-order valence-electron chi connectivity index (χ3n) is 2.48. The van der Waals surface area contributed by atoms with Crippen LogP contribution in [-0.2, 0) is 0 Å². The Morgan fingerprint density at radius 2 is 1.88 bits per heavy atom. The first-order valence-corrected chi connectivity index (χ1v) is 5.73. The Morgan fingerprint density at radius 1 is 1.24 bits per heavy atom. The first-order chi connectivity index (χ1) is 8.12. The maximum Gasteiger partial charge on any atom is 0.166 e. The van der Waals surface area contributed by atoms with E-state index in [0.717, 1.165) is 11.3 Å². The summed E-state index contributed by atoms with van der Waals surface area (Å²) in [6.07, 6.45) is 0. The third kappa shape index (κ3) is 3.49. The molecule has 0 heterocycles. The lowest BCUT2D eigenvalue weighted by Gasteiger charge is -2.17. The van der Waals surface area contributed by atoms with Crippen LogP contribution in [0.5, 0.6) is 11.5 Å². The van der Waals surface area contributed by atoms with Crippen molar-refractivity contribution in [3.05, 3.63) is 23.8 Å². The van der Waals surface area contributed by atoms with E-state index in [9.17, 15) is 0 Å². The van der Waals surface area contributed by atoms with Crippen LogP contribution in [0.4, 0.5) is 0 Å². The van der Waals surface area contributed by atoms with E-state index in [2.05, 4.69) is 10.6 Å². The Balaban J connectivity index is 2.87. The number of benzene rings is 1. The van der Waals surface area contributed by atoms with E-state index in [1.54, 1.807) is 21.3 Å². The summed E-state index contributed by atoms with van der Waals surface area (Å²) in [5.41, 5.74) is 1.08. The van der Waals surface area contributed by atoms with Crippen LogP contribution < -0.4 is 20.1 Å². The number of nitrogens with one attached hydrogen (secondary N) is 2. The van der Waals surface area contributed by atoms with Gasteiger partial charge in [0, 0.05) is 7.05 Å². The van der Waals surface area contributed by atoms with Gasteiger partial charge in [-0.2, -0.15) is 0 Å². The molecule has 17 heavy (non-hydrogen) atoms. The second kappa shape index (κ2) is 6.30. The number of hydrogen-bond acceptors (Lipinski definition) is 3. The molecule has 0 bridgehead atoms. The van der Waals surface area contributed by atoms with Crippen molar-refractivity contribution in [2.75, 3.05) is 21.3 Å². The highest BCUT2D eigenvalue weighted by molar-refractivity contribution is 7.80. The zero-order valence-corrected chi connectivity index (χ0v) is 11.4. The molecule has 0 aromatic heterocycles. The molecule has 0 saturated heterocycles. The molecule has 5 heteroatoms. The number of methoxy groups -OCH3 is 2. The zero-order valence-electron chi connectivity index (χ0n) is 10.5. The molecule has 4 nitrogen and oxygen atoms in total. The average molecular weight is 254 g/mol. The fourth-order valence-corrected chi connectivity index (χ4v) is 1.65. The van der Waals surface area contributed by atoms with Gasteiger partial charge < -0.3 is 20.1 Å². The lowest BCUT2D eigenvalue weighted by molar-refractivity contribution is 0.354. The summed E-state index contributed by atoms with van der Waals surface area (Å²) in [5.74, 6) is 1.44. The topological polar surface area (TPSA) is 42.5 Å². The van der Waals surface area contributed by atoms with E-state index < -0.39 is 0 Å². The Labute approximate surface area is 107 Å². The summed E-state index contributed by atoms with van der Waals surface area (Å²) < 4.78 is 10.4. The molecule has 0 spiro atoms. The minimum absolute atomic E-state index is 0.106. The molecular formula is C12H18N2O2S. The molecule has 0 aliphatic heterocycles. The normalized spacial score (nSPS) is 11.5. The minimum atomic E-state index is 0.106. The van der Waals surface area contributed by atoms with Crippen molar-refractivity contribution in [2.45, 2.75) is 13.0 Å². The van der Waals surface area contributed by atoms with Crippen molar-refractivity contribution in [1.82, 2.24) is 10.6 Å². The lowest BCUT2D eigenvalue weighted by Crippen LogP contribution is -2.34. The van der Waals surface area contributed by atoms with E-state index in [0.29, 0.717) is 10.9 Å². The van der Waals surface area contributed by atoms with Gasteiger partial charge in [-0.3, -0.25) is 0 Å². The number of rotatable bonds is 4. The van der Waals surface area contributed by atoms with Gasteiger partial charge >= 0.3 is 0 Å². The Morgan fingerprint density at radius 3 is 2.41 bits per heavy atom. The second-order valence-electron chi connectivity index (χ2n) is 3.56. The molecule has 1 atom stereocenters. The van der Waals surface area contributed by atoms with Crippen LogP contribution in [0.15, 0.2) is 18.2 Å². The molecule has 1 rings (SSSR count). The standard InChI is InChI=1S/C12H18N2O2S/c1-8(14-12(17)13-2)9-5-6-10(15-3)11(7-9)16-4/h5-8H,1-4H3,(H2,13,14,17). The van der Waals surface area contributed by atoms with Gasteiger partial charge in [0.1, 0.15) is 0 Å². The van der Waals surface area contributed by atoms with Crippen LogP contribution in [-0.4, -0.2) is 26.4 Å². The van der Waals surface area contributed by atoms with Crippen LogP contribution in [0.3, 0.4) is 0 Å². The van der Waals surface area contributed by atoms with E-state index in [-0.39, 0.29) is 6.04 Å². The van der Waals surface area contributed by atoms with Crippen LogP contribution in [0, 0.1) is 0 Å². The highest BCUT2D eigenvalue weighted by Crippen LogP contribution is 2.29. The molecule has 0 fully saturated rings. The molecule has 1 unspecified atom stereocenters. The summed E-state index contributed by atoms with van der Waals surface area (Å²) >= 11 is 5.06. The van der Waals surface area contributed by atoms with Gasteiger partial charge in [0.2, 0.25) is 0 Å². The largest absolute Gasteiger partial charge is 0.493 e. The molecule has 1 aromatic carbocycles. The quantitative estimate of drug-likeness (QED) is 0.803. The van der Waals surface area contributed by atoms with Gasteiger partial charge in [0.15, 0.2) is 16.6 Å². The van der Waals surface area contributed by atoms with Crippen molar-refractivity contribution in [3.8, 4) is 11.5 Å². The molecule has 0 amide bonds. The number of ether oxygens (including phenoxy) is 2. The smallest absolute Gasteiger partial charge is 0.166 e. The van der Waals surface area contributed by atoms with Gasteiger partial charge in [-0.05, 0) is 36.8 Å². The van der Waals surface area contributed by atoms with Crippen molar-refractivity contribution in [2.24, 2.45) is 0 Å². The summed E-state index contributed by atoms with van der Waals surface area (Å²) in [6, 6.07) is 5.91. The minimum Gasteiger partial charge on any atom is -0.493 e. The summed E-state index contributed by atoms with van der Waals surface area (Å²) in [6.45, 7) is 2.03. The van der Waals surface area contributed by atoms with Gasteiger partial charge in [0.25, 0.3) is 0 Å². The van der Waals surface area contributed by atoms with E-state index in [1.165, 1.54) is 0 Å². The predicted molar refractivity (Wildman–Crippen MR) is 72.8 cm³/mol. The monoisotopic (exact) mass is 254 g/mol. The first-order valence-electron chi connectivity index (χ1n) is 5.32. The van der Waals surface area contributed by atoms with Crippen LogP contribution in [0.1, 0.15) is 18.5 Å². The predicted octanol–water partition coefficient (Wildman–Crippen LogP) is 1.86. The summed E-state index contributed by atoms with van der Waals surface area (Å²) in [7, 11) is 5.03. The molecule has 0 aliphatic rings. The maximum atomic E-state index is 5.26. The van der Waals surface area contributed by atoms with Gasteiger partial charge in [-0.1, -0.05) is 6.07 Å². The SMILES string of the molecule is CNC(=S)NC(C)c1ccc(OC)c(OC)c1. The molecular weight excluding hydrogens is 236 g/mol. The Hall–Kier alpha value is -1.49. The lowest BCUT2D eigenvalue weighted by atomic mass is 10.1. The fourth-order valence-electron chi connectivity index (χ4n) is 1.47. The highest BCUT2D eigenvalue weighted by atomic mass is 32.1. The van der Waals surface area contributed by atoms with Crippen LogP contribution >= 0.6 is 12.2 Å². The summed E-state index contributed by atoms with van der Waals surface area (Å²) in [4.78, 5) is 0. The van der Waals surface area contributed by atoms with E-state index >= 15 is 0 Å². The summed E-state index contributed by atoms with van der Waals surface area (Å²) in [5, 5.41) is 6.66. The first kappa shape index (κ1) is 13.6. The molecule has 0 radical (unpaired) electrons. The van der Waals surface area contributed by atoms with Crippen molar-refractivity contribution in [3.63, 3.8) is 0 Å². The molecule has 0 aliphatic carbocycles. The van der Waals surface area contributed by atoms with Crippen molar-refractivity contribution < 1.29 is 9.47 Å². The second-order valence-corrected chi connectivity index (χ2v) is 3.97. The average Bonchev–Trinajstić information content (AvgIpc) is 2.37. The maximum absolute atomic E-state index is 5.26. The van der Waals surface area contributed by atoms with Gasteiger partial charge in [0.05, 0.1) is 20.3 Å². The van der Waals surface area contributed by atoms with Crippen molar-refractivity contribution >= 4 is 17.3 Å². The Bertz CT molecular complexity index is 396. The molecule has 1 aromatic rings. The van der Waals surface area contributed by atoms with Crippen molar-refractivity contribution in [1.29, 1.82) is 0 Å². The van der Waals surface area contributed by atoms with E-state index in [1.807, 2.05) is 25.1 Å². The molecule has 0 saturated carbocycles. The third-order valence-corrected chi connectivity index (χ3v) is 2.80. The van der Waals surface area contributed by atoms with Crippen LogP contribution in [0.25, 0.3) is 0 Å². The number of hydrogen-bond donors (Lipinski definition) is 2. The van der Waals surface area contributed by atoms with Gasteiger partial charge in [-0.15, -0.1) is 0 Å². The molecule has 2 N–H and O–H groups in total. The zero-order chi connectivity index (χ0) is 12.8.